The Morgan fingerprint density at radius 1 is 1.40 bits per heavy atom. The molecule has 2 aliphatic heterocycles. The number of hydrogen-bond donors (Lipinski definition) is 0. The van der Waals surface area contributed by atoms with Crippen LogP contribution in [0.5, 0.6) is 0 Å². The topological polar surface area (TPSA) is 55.2 Å². The number of nitrogens with zero attached hydrogens (tertiary/aromatic N) is 3. The van der Waals surface area contributed by atoms with Crippen molar-refractivity contribution in [1.29, 1.82) is 0 Å². The molecule has 0 radical (unpaired) electrons. The van der Waals surface area contributed by atoms with Gasteiger partial charge in [-0.15, -0.1) is 0 Å². The lowest BCUT2D eigenvalue weighted by Crippen LogP contribution is -2.44. The number of hydrogen-bond acceptors (Lipinski definition) is 3. The predicted molar refractivity (Wildman–Crippen MR) is 72.4 cm³/mol. The first-order valence-corrected chi connectivity index (χ1v) is 6.72. The number of imidazole rings is 1. The van der Waals surface area contributed by atoms with E-state index in [2.05, 4.69) is 4.98 Å². The molecule has 2 aliphatic rings. The van der Waals surface area contributed by atoms with Crippen molar-refractivity contribution in [3.8, 4) is 5.69 Å². The molecule has 6 heteroatoms. The van der Waals surface area contributed by atoms with Gasteiger partial charge in [0.15, 0.2) is 6.29 Å². The molecular weight excluding hydrogens is 278 g/mol. The number of rotatable bonds is 1. The Morgan fingerprint density at radius 3 is 2.95 bits per heavy atom. The fourth-order valence-corrected chi connectivity index (χ4v) is 3.22. The zero-order chi connectivity index (χ0) is 13.9. The third-order valence-corrected chi connectivity index (χ3v) is 4.32. The molecule has 20 heavy (non-hydrogen) atoms. The second-order valence-electron chi connectivity index (χ2n) is 4.94. The molecule has 100 valence electrons. The molecule has 1 aromatic carbocycles. The Kier molecular flexibility index (Phi) is 2.29. The molecular formula is C14H10ClN3O2. The molecule has 0 unspecified atom stereocenters. The average Bonchev–Trinajstić information content (AvgIpc) is 2.77. The van der Waals surface area contributed by atoms with Crippen LogP contribution in [0.4, 0.5) is 0 Å². The third kappa shape index (κ3) is 1.30. The zero-order valence-electron chi connectivity index (χ0n) is 10.4. The second kappa shape index (κ2) is 3.93. The van der Waals surface area contributed by atoms with Crippen molar-refractivity contribution in [2.75, 3.05) is 6.54 Å². The number of halogens is 1. The maximum atomic E-state index is 12.6. The smallest absolute Gasteiger partial charge is 0.258 e. The lowest BCUT2D eigenvalue weighted by molar-refractivity contribution is 0.0458. The first-order chi connectivity index (χ1) is 9.72. The van der Waals surface area contributed by atoms with Crippen molar-refractivity contribution in [3.05, 3.63) is 46.5 Å². The van der Waals surface area contributed by atoms with Gasteiger partial charge in [0, 0.05) is 6.54 Å². The number of aromatic nitrogens is 2. The summed E-state index contributed by atoms with van der Waals surface area (Å²) < 4.78 is 1.81. The molecule has 1 amide bonds. The van der Waals surface area contributed by atoms with Gasteiger partial charge in [0.05, 0.1) is 28.0 Å². The van der Waals surface area contributed by atoms with Crippen LogP contribution >= 0.6 is 11.6 Å². The Labute approximate surface area is 119 Å². The highest BCUT2D eigenvalue weighted by Crippen LogP contribution is 2.42. The molecule has 2 aromatic rings. The molecule has 0 aliphatic carbocycles. The number of carbonyl (C=O) groups is 2. The predicted octanol–water partition coefficient (Wildman–Crippen LogP) is 2.24. The Morgan fingerprint density at radius 2 is 2.25 bits per heavy atom. The van der Waals surface area contributed by atoms with Gasteiger partial charge in [-0.25, -0.2) is 4.98 Å². The summed E-state index contributed by atoms with van der Waals surface area (Å²) in [4.78, 5) is 29.7. The van der Waals surface area contributed by atoms with Crippen LogP contribution in [-0.2, 0) is 0 Å². The van der Waals surface area contributed by atoms with E-state index < -0.39 is 0 Å². The maximum Gasteiger partial charge on any atom is 0.258 e. The number of fused-ring (bicyclic) bond motifs is 5. The summed E-state index contributed by atoms with van der Waals surface area (Å²) in [6, 6.07) is 5.23. The summed E-state index contributed by atoms with van der Waals surface area (Å²) in [5.41, 5.74) is 2.33. The largest absolute Gasteiger partial charge is 0.330 e. The van der Waals surface area contributed by atoms with E-state index in [0.29, 0.717) is 28.5 Å². The summed E-state index contributed by atoms with van der Waals surface area (Å²) >= 11 is 6.20. The van der Waals surface area contributed by atoms with Crippen LogP contribution in [0.25, 0.3) is 5.69 Å². The number of benzene rings is 1. The number of aldehydes is 1. The quantitative estimate of drug-likeness (QED) is 0.756. The van der Waals surface area contributed by atoms with Crippen molar-refractivity contribution < 1.29 is 9.59 Å². The highest BCUT2D eigenvalue weighted by molar-refractivity contribution is 6.34. The molecule has 1 aromatic heterocycles. The fourth-order valence-electron chi connectivity index (χ4n) is 2.97. The van der Waals surface area contributed by atoms with Gasteiger partial charge in [0.1, 0.15) is 12.0 Å². The van der Waals surface area contributed by atoms with Gasteiger partial charge < -0.3 is 4.90 Å². The van der Waals surface area contributed by atoms with Gasteiger partial charge >= 0.3 is 0 Å². The van der Waals surface area contributed by atoms with Crippen LogP contribution in [-0.4, -0.2) is 33.2 Å². The van der Waals surface area contributed by atoms with E-state index in [4.69, 9.17) is 11.6 Å². The maximum absolute atomic E-state index is 12.6. The van der Waals surface area contributed by atoms with Crippen LogP contribution < -0.4 is 0 Å². The summed E-state index contributed by atoms with van der Waals surface area (Å²) in [7, 11) is 0. The Hall–Kier alpha value is -2.14. The van der Waals surface area contributed by atoms with Gasteiger partial charge in [-0.3, -0.25) is 14.2 Å². The zero-order valence-corrected chi connectivity index (χ0v) is 11.2. The second-order valence-corrected chi connectivity index (χ2v) is 5.35. The molecule has 0 saturated carbocycles. The standard InChI is InChI=1S/C14H10ClN3O2/c15-8-2-1-3-10-12(8)14(20)17-5-4-11(17)13-9(6-19)16-7-18(10)13/h1-3,6-7,11H,4-5H2/t11-/m0/s1. The minimum atomic E-state index is -0.0892. The average molecular weight is 288 g/mol. The van der Waals surface area contributed by atoms with Crippen LogP contribution in [0.2, 0.25) is 5.02 Å². The number of amides is 1. The molecule has 1 saturated heterocycles. The summed E-state index contributed by atoms with van der Waals surface area (Å²) in [5, 5.41) is 0.423. The molecule has 0 bridgehead atoms. The van der Waals surface area contributed by atoms with E-state index in [1.54, 1.807) is 23.4 Å². The van der Waals surface area contributed by atoms with E-state index in [0.717, 1.165) is 18.4 Å². The van der Waals surface area contributed by atoms with E-state index in [1.165, 1.54) is 0 Å². The Balaban J connectivity index is 2.08. The van der Waals surface area contributed by atoms with Crippen molar-refractivity contribution in [3.63, 3.8) is 0 Å². The van der Waals surface area contributed by atoms with E-state index in [-0.39, 0.29) is 11.9 Å². The lowest BCUT2D eigenvalue weighted by Gasteiger charge is -2.39. The Bertz CT molecular complexity index is 753. The molecule has 5 nitrogen and oxygen atoms in total. The van der Waals surface area contributed by atoms with E-state index in [9.17, 15) is 9.59 Å². The van der Waals surface area contributed by atoms with Crippen LogP contribution in [0, 0.1) is 0 Å². The van der Waals surface area contributed by atoms with Gasteiger partial charge in [0.2, 0.25) is 0 Å². The van der Waals surface area contributed by atoms with Gasteiger partial charge in [-0.1, -0.05) is 17.7 Å². The van der Waals surface area contributed by atoms with Gasteiger partial charge in [-0.05, 0) is 18.6 Å². The van der Waals surface area contributed by atoms with Gasteiger partial charge in [-0.2, -0.15) is 0 Å². The van der Waals surface area contributed by atoms with E-state index >= 15 is 0 Å². The molecule has 0 spiro atoms. The summed E-state index contributed by atoms with van der Waals surface area (Å²) in [6.45, 7) is 0.678. The first-order valence-electron chi connectivity index (χ1n) is 6.34. The normalized spacial score (nSPS) is 19.6. The summed E-state index contributed by atoms with van der Waals surface area (Å²) in [6.07, 6.45) is 3.16. The fraction of sp³-hybridized carbons (Fsp3) is 0.214. The van der Waals surface area contributed by atoms with E-state index in [1.807, 2.05) is 10.6 Å². The molecule has 1 fully saturated rings. The van der Waals surface area contributed by atoms with Crippen LogP contribution in [0.1, 0.15) is 39.0 Å². The SMILES string of the molecule is O=Cc1ncn2c1[C@@H]1CCN1C(=O)c1c(Cl)cccc1-2. The van der Waals surface area contributed by atoms with Crippen molar-refractivity contribution in [2.24, 2.45) is 0 Å². The third-order valence-electron chi connectivity index (χ3n) is 4.01. The van der Waals surface area contributed by atoms with Crippen molar-refractivity contribution >= 4 is 23.8 Å². The number of carbonyl (C=O) groups excluding carboxylic acids is 2. The molecule has 1 atom stereocenters. The van der Waals surface area contributed by atoms with Crippen molar-refractivity contribution in [1.82, 2.24) is 14.5 Å². The van der Waals surface area contributed by atoms with Crippen LogP contribution in [0.3, 0.4) is 0 Å². The van der Waals surface area contributed by atoms with Crippen LogP contribution in [0.15, 0.2) is 24.5 Å². The van der Waals surface area contributed by atoms with Crippen molar-refractivity contribution in [2.45, 2.75) is 12.5 Å². The lowest BCUT2D eigenvalue weighted by atomic mass is 9.98. The highest BCUT2D eigenvalue weighted by atomic mass is 35.5. The van der Waals surface area contributed by atoms with Gasteiger partial charge in [0.25, 0.3) is 5.91 Å². The highest BCUT2D eigenvalue weighted by Gasteiger charge is 2.42. The minimum absolute atomic E-state index is 0.0811. The first kappa shape index (κ1) is 11.7. The summed E-state index contributed by atoms with van der Waals surface area (Å²) in [5.74, 6) is -0.0811. The monoisotopic (exact) mass is 287 g/mol. The minimum Gasteiger partial charge on any atom is -0.330 e. The molecule has 4 rings (SSSR count). The molecule has 0 N–H and O–H groups in total. The molecule has 3 heterocycles.